The van der Waals surface area contributed by atoms with Crippen molar-refractivity contribution in [2.45, 2.75) is 6.92 Å². The van der Waals surface area contributed by atoms with Crippen molar-refractivity contribution in [1.82, 2.24) is 5.32 Å². The fourth-order valence-corrected chi connectivity index (χ4v) is 0.377. The van der Waals surface area contributed by atoms with Crippen LogP contribution in [-0.4, -0.2) is 12.8 Å². The summed E-state index contributed by atoms with van der Waals surface area (Å²) in [6.07, 6.45) is 1.25. The summed E-state index contributed by atoms with van der Waals surface area (Å²) in [5.74, 6) is -0.0463. The molecule has 0 radical (unpaired) electrons. The molecular formula is C5H10N2O. The van der Waals surface area contributed by atoms with E-state index in [2.05, 4.69) is 5.32 Å². The van der Waals surface area contributed by atoms with E-state index >= 15 is 0 Å². The van der Waals surface area contributed by atoms with E-state index in [4.69, 9.17) is 5.73 Å². The van der Waals surface area contributed by atoms with E-state index < -0.39 is 0 Å². The highest BCUT2D eigenvalue weighted by Gasteiger charge is 1.95. The van der Waals surface area contributed by atoms with Crippen molar-refractivity contribution in [3.05, 3.63) is 11.9 Å². The molecule has 0 amide bonds. The monoisotopic (exact) mass is 114 g/mol. The summed E-state index contributed by atoms with van der Waals surface area (Å²) >= 11 is 0. The van der Waals surface area contributed by atoms with E-state index in [0.29, 0.717) is 5.70 Å². The molecule has 0 unspecified atom stereocenters. The number of nitrogens with one attached hydrogen (secondary N) is 1. The molecule has 3 N–H and O–H groups in total. The molecule has 0 bridgehead atoms. The fourth-order valence-electron chi connectivity index (χ4n) is 0.377. The van der Waals surface area contributed by atoms with Gasteiger partial charge in [-0.3, -0.25) is 4.79 Å². The van der Waals surface area contributed by atoms with Gasteiger partial charge in [-0.2, -0.15) is 0 Å². The van der Waals surface area contributed by atoms with Crippen molar-refractivity contribution in [1.29, 1.82) is 0 Å². The van der Waals surface area contributed by atoms with Gasteiger partial charge >= 0.3 is 0 Å². The molecule has 0 atom stereocenters. The Kier molecular flexibility index (Phi) is 2.69. The lowest BCUT2D eigenvalue weighted by molar-refractivity contribution is -0.113. The highest BCUT2D eigenvalue weighted by Crippen LogP contribution is 1.83. The second-order valence-corrected chi connectivity index (χ2v) is 1.39. The normalized spacial score (nSPS) is 11.0. The smallest absolute Gasteiger partial charge is 0.177 e. The highest BCUT2D eigenvalue weighted by atomic mass is 16.1. The molecule has 8 heavy (non-hydrogen) atoms. The Morgan fingerprint density at radius 1 is 1.75 bits per heavy atom. The number of nitrogens with two attached hydrogens (primary N) is 1. The van der Waals surface area contributed by atoms with Crippen LogP contribution in [0, 0.1) is 0 Å². The maximum Gasteiger partial charge on any atom is 0.177 e. The van der Waals surface area contributed by atoms with Gasteiger partial charge in [0, 0.05) is 20.2 Å². The first-order chi connectivity index (χ1) is 3.72. The van der Waals surface area contributed by atoms with Crippen LogP contribution in [0.5, 0.6) is 0 Å². The molecule has 0 heterocycles. The molecule has 0 rings (SSSR count). The van der Waals surface area contributed by atoms with Crippen LogP contribution in [0.25, 0.3) is 0 Å². The first kappa shape index (κ1) is 7.01. The van der Waals surface area contributed by atoms with Gasteiger partial charge in [0.05, 0.1) is 5.70 Å². The van der Waals surface area contributed by atoms with Gasteiger partial charge in [0.1, 0.15) is 0 Å². The largest absolute Gasteiger partial charge is 0.403 e. The molecular weight excluding hydrogens is 104 g/mol. The number of ketones is 1. The minimum absolute atomic E-state index is 0.0463. The van der Waals surface area contributed by atoms with Crippen LogP contribution in [-0.2, 0) is 4.79 Å². The number of likely N-dealkylation sites (N-methyl/N-ethyl adjacent to an activating group) is 1. The van der Waals surface area contributed by atoms with Crippen molar-refractivity contribution in [2.24, 2.45) is 5.73 Å². The van der Waals surface area contributed by atoms with E-state index in [-0.39, 0.29) is 5.78 Å². The molecule has 0 fully saturated rings. The maximum atomic E-state index is 10.4. The van der Waals surface area contributed by atoms with Gasteiger partial charge in [0.2, 0.25) is 0 Å². The number of carbonyl (C=O) groups is 1. The van der Waals surface area contributed by atoms with Crippen LogP contribution in [0.4, 0.5) is 0 Å². The van der Waals surface area contributed by atoms with Crippen molar-refractivity contribution >= 4 is 5.78 Å². The van der Waals surface area contributed by atoms with Crippen molar-refractivity contribution in [3.8, 4) is 0 Å². The lowest BCUT2D eigenvalue weighted by atomic mass is 10.3. The summed E-state index contributed by atoms with van der Waals surface area (Å²) < 4.78 is 0. The minimum Gasteiger partial charge on any atom is -0.403 e. The van der Waals surface area contributed by atoms with Gasteiger partial charge in [0.15, 0.2) is 5.78 Å². The Morgan fingerprint density at radius 3 is 2.25 bits per heavy atom. The molecule has 0 saturated heterocycles. The summed E-state index contributed by atoms with van der Waals surface area (Å²) in [4.78, 5) is 10.4. The molecule has 0 aromatic heterocycles. The quantitative estimate of drug-likeness (QED) is 0.480. The van der Waals surface area contributed by atoms with Crippen LogP contribution in [0.1, 0.15) is 6.92 Å². The summed E-state index contributed by atoms with van der Waals surface area (Å²) in [7, 11) is 1.65. The average molecular weight is 114 g/mol. The molecule has 46 valence electrons. The third kappa shape index (κ3) is 1.64. The van der Waals surface area contributed by atoms with Gasteiger partial charge in [0.25, 0.3) is 0 Å². The summed E-state index contributed by atoms with van der Waals surface area (Å²) in [6, 6.07) is 0. The number of allylic oxidation sites excluding steroid dienone is 1. The highest BCUT2D eigenvalue weighted by molar-refractivity contribution is 5.92. The zero-order chi connectivity index (χ0) is 6.57. The Labute approximate surface area is 48.6 Å². The standard InChI is InChI=1S/C5H10N2O/c1-4(8)5(3-6)7-2/h3,7H,6H2,1-2H3/b5-3-. The number of hydrogen-bond acceptors (Lipinski definition) is 3. The van der Waals surface area contributed by atoms with Gasteiger partial charge in [-0.1, -0.05) is 0 Å². The average Bonchev–Trinajstić information content (AvgIpc) is 1.69. The van der Waals surface area contributed by atoms with Gasteiger partial charge in [-0.05, 0) is 0 Å². The molecule has 3 heteroatoms. The lowest BCUT2D eigenvalue weighted by Crippen LogP contribution is -2.14. The number of hydrogen-bond donors (Lipinski definition) is 2. The van der Waals surface area contributed by atoms with Crippen molar-refractivity contribution < 1.29 is 4.79 Å². The summed E-state index contributed by atoms with van der Waals surface area (Å²) in [5.41, 5.74) is 5.49. The Hall–Kier alpha value is -0.990. The molecule has 0 aliphatic carbocycles. The van der Waals surface area contributed by atoms with E-state index in [1.165, 1.54) is 13.1 Å². The number of carbonyl (C=O) groups excluding carboxylic acids is 1. The van der Waals surface area contributed by atoms with Crippen LogP contribution >= 0.6 is 0 Å². The van der Waals surface area contributed by atoms with Crippen LogP contribution in [0.2, 0.25) is 0 Å². The Morgan fingerprint density at radius 2 is 2.25 bits per heavy atom. The third-order valence-corrected chi connectivity index (χ3v) is 0.815. The molecule has 0 saturated carbocycles. The molecule has 0 aliphatic heterocycles. The topological polar surface area (TPSA) is 55.1 Å². The minimum atomic E-state index is -0.0463. The predicted octanol–water partition coefficient (Wildman–Crippen LogP) is -0.405. The molecule has 0 aliphatic rings. The summed E-state index contributed by atoms with van der Waals surface area (Å²) in [6.45, 7) is 1.45. The van der Waals surface area contributed by atoms with Crippen LogP contribution in [0.3, 0.4) is 0 Å². The first-order valence-electron chi connectivity index (χ1n) is 2.33. The molecule has 0 aromatic carbocycles. The number of rotatable bonds is 2. The van der Waals surface area contributed by atoms with Crippen LogP contribution in [0.15, 0.2) is 11.9 Å². The van der Waals surface area contributed by atoms with Gasteiger partial charge < -0.3 is 11.1 Å². The number of Topliss-reactive ketones (excluding diaryl/α,β-unsaturated/α-hetero) is 1. The van der Waals surface area contributed by atoms with Gasteiger partial charge in [-0.25, -0.2) is 0 Å². The fraction of sp³-hybridized carbons (Fsp3) is 0.400. The van der Waals surface area contributed by atoms with E-state index in [1.54, 1.807) is 7.05 Å². The molecule has 0 aromatic rings. The predicted molar refractivity (Wildman–Crippen MR) is 32.0 cm³/mol. The summed E-state index contributed by atoms with van der Waals surface area (Å²) in [5, 5.41) is 2.64. The van der Waals surface area contributed by atoms with Crippen LogP contribution < -0.4 is 11.1 Å². The zero-order valence-corrected chi connectivity index (χ0v) is 5.06. The van der Waals surface area contributed by atoms with E-state index in [1.807, 2.05) is 0 Å². The Bertz CT molecular complexity index is 118. The van der Waals surface area contributed by atoms with E-state index in [9.17, 15) is 4.79 Å². The van der Waals surface area contributed by atoms with Crippen molar-refractivity contribution in [3.63, 3.8) is 0 Å². The zero-order valence-electron chi connectivity index (χ0n) is 5.06. The lowest BCUT2D eigenvalue weighted by Gasteiger charge is -1.96. The first-order valence-corrected chi connectivity index (χ1v) is 2.33. The Balaban J connectivity index is 3.92. The van der Waals surface area contributed by atoms with Gasteiger partial charge in [-0.15, -0.1) is 0 Å². The SMILES string of the molecule is CN/C(=C\N)C(C)=O. The molecule has 0 spiro atoms. The third-order valence-electron chi connectivity index (χ3n) is 0.815. The maximum absolute atomic E-state index is 10.4. The second-order valence-electron chi connectivity index (χ2n) is 1.39. The van der Waals surface area contributed by atoms with Crippen molar-refractivity contribution in [2.75, 3.05) is 7.05 Å². The second kappa shape index (κ2) is 3.07. The molecule has 3 nitrogen and oxygen atoms in total. The van der Waals surface area contributed by atoms with E-state index in [0.717, 1.165) is 0 Å².